The maximum absolute atomic E-state index is 12.6. The molecule has 58 heavy (non-hydrogen) atoms. The summed E-state index contributed by atoms with van der Waals surface area (Å²) in [7, 11) is 0. The molecule has 1 unspecified atom stereocenters. The molecule has 8 heteroatoms. The first-order valence-electron chi connectivity index (χ1n) is 24.8. The number of ether oxygens (including phenoxy) is 2. The molecule has 0 aliphatic heterocycles. The van der Waals surface area contributed by atoms with E-state index in [1.807, 2.05) is 26.8 Å². The molecule has 0 aromatic heterocycles. The molecule has 342 valence electrons. The molecule has 0 aromatic rings. The fraction of sp³-hybridized carbons (Fsp3) is 0.900. The van der Waals surface area contributed by atoms with Crippen LogP contribution >= 0.6 is 0 Å². The SMILES string of the molecule is CCCCCCC=CCOC(=O)CCCCCCCN(CCCCCCC(C(=O)O)C(CCCCCCCC)CCCCCCCC)CCCNC(=O)OC(C)(C)C. The molecule has 0 saturated heterocycles. The summed E-state index contributed by atoms with van der Waals surface area (Å²) in [6.07, 6.45) is 38.8. The number of carbonyl (C=O) groups excluding carboxylic acids is 2. The molecule has 0 saturated carbocycles. The van der Waals surface area contributed by atoms with Gasteiger partial charge in [0.2, 0.25) is 0 Å². The normalized spacial score (nSPS) is 12.5. The Kier molecular flexibility index (Phi) is 38.9. The summed E-state index contributed by atoms with van der Waals surface area (Å²) >= 11 is 0. The van der Waals surface area contributed by atoms with Crippen LogP contribution in [0.25, 0.3) is 0 Å². The second kappa shape index (κ2) is 40.3. The first-order chi connectivity index (χ1) is 28.0. The molecular weight excluding hydrogens is 725 g/mol. The number of esters is 1. The van der Waals surface area contributed by atoms with Gasteiger partial charge in [-0.15, -0.1) is 0 Å². The van der Waals surface area contributed by atoms with Gasteiger partial charge in [0.25, 0.3) is 0 Å². The van der Waals surface area contributed by atoms with Gasteiger partial charge in [0.05, 0.1) is 5.92 Å². The smallest absolute Gasteiger partial charge is 0.407 e. The lowest BCUT2D eigenvalue weighted by Gasteiger charge is -2.25. The summed E-state index contributed by atoms with van der Waals surface area (Å²) in [6, 6.07) is 0. The van der Waals surface area contributed by atoms with E-state index in [2.05, 4.69) is 37.1 Å². The number of rotatable bonds is 42. The highest BCUT2D eigenvalue weighted by Gasteiger charge is 2.27. The molecule has 0 aliphatic rings. The summed E-state index contributed by atoms with van der Waals surface area (Å²) in [4.78, 5) is 39.4. The number of amides is 1. The molecule has 0 spiro atoms. The molecule has 0 heterocycles. The Morgan fingerprint density at radius 1 is 0.586 bits per heavy atom. The molecule has 1 amide bonds. The Hall–Kier alpha value is -2.09. The van der Waals surface area contributed by atoms with E-state index < -0.39 is 11.6 Å². The van der Waals surface area contributed by atoms with Gasteiger partial charge in [0.1, 0.15) is 12.2 Å². The number of unbranched alkanes of at least 4 members (excludes halogenated alkanes) is 21. The Morgan fingerprint density at radius 3 is 1.59 bits per heavy atom. The molecule has 0 aromatic carbocycles. The van der Waals surface area contributed by atoms with E-state index in [1.54, 1.807) is 0 Å². The van der Waals surface area contributed by atoms with E-state index in [4.69, 9.17) is 9.47 Å². The van der Waals surface area contributed by atoms with Crippen LogP contribution in [0.3, 0.4) is 0 Å². The van der Waals surface area contributed by atoms with Crippen LogP contribution in [0, 0.1) is 11.8 Å². The van der Waals surface area contributed by atoms with Gasteiger partial charge in [-0.25, -0.2) is 4.79 Å². The van der Waals surface area contributed by atoms with Crippen molar-refractivity contribution in [3.05, 3.63) is 12.2 Å². The van der Waals surface area contributed by atoms with E-state index >= 15 is 0 Å². The van der Waals surface area contributed by atoms with Crippen molar-refractivity contribution in [2.75, 3.05) is 32.8 Å². The van der Waals surface area contributed by atoms with Gasteiger partial charge in [0, 0.05) is 13.0 Å². The standard InChI is InChI=1S/C50H96N2O6/c1-7-10-13-16-19-27-34-44-57-47(53)39-31-23-20-25-32-41-52(43-35-40-51-49(56)58-50(4,5)6)42-33-26-24-30-38-46(48(54)55)45(36-28-21-17-14-11-8-2)37-29-22-18-15-12-9-3/h27,34,45-46H,7-26,28-33,35-44H2,1-6H3,(H,51,56)(H,54,55). The predicted octanol–water partition coefficient (Wildman–Crippen LogP) is 14.4. The van der Waals surface area contributed by atoms with Crippen LogP contribution < -0.4 is 5.32 Å². The fourth-order valence-corrected chi connectivity index (χ4v) is 7.90. The van der Waals surface area contributed by atoms with Crippen molar-refractivity contribution < 1.29 is 29.0 Å². The fourth-order valence-electron chi connectivity index (χ4n) is 7.90. The topological polar surface area (TPSA) is 105 Å². The van der Waals surface area contributed by atoms with Gasteiger partial charge in [0.15, 0.2) is 0 Å². The van der Waals surface area contributed by atoms with Crippen molar-refractivity contribution >= 4 is 18.0 Å². The van der Waals surface area contributed by atoms with Crippen molar-refractivity contribution in [2.24, 2.45) is 11.8 Å². The van der Waals surface area contributed by atoms with Gasteiger partial charge < -0.3 is 24.8 Å². The molecule has 0 aliphatic carbocycles. The Bertz CT molecular complexity index is 964. The number of nitrogens with one attached hydrogen (secondary N) is 1. The van der Waals surface area contributed by atoms with Crippen LogP contribution in [-0.2, 0) is 19.1 Å². The number of aliphatic carboxylic acids is 1. The van der Waals surface area contributed by atoms with Crippen molar-refractivity contribution in [1.29, 1.82) is 0 Å². The average Bonchev–Trinajstić information content (AvgIpc) is 3.17. The Balaban J connectivity index is 4.76. The lowest BCUT2D eigenvalue weighted by Crippen LogP contribution is -2.35. The maximum atomic E-state index is 12.6. The van der Waals surface area contributed by atoms with Crippen LogP contribution in [0.4, 0.5) is 4.79 Å². The van der Waals surface area contributed by atoms with E-state index in [0.29, 0.717) is 25.5 Å². The van der Waals surface area contributed by atoms with Gasteiger partial charge in [-0.3, -0.25) is 9.59 Å². The Morgan fingerprint density at radius 2 is 1.05 bits per heavy atom. The molecule has 0 radical (unpaired) electrons. The van der Waals surface area contributed by atoms with E-state index in [1.165, 1.54) is 103 Å². The molecule has 0 fully saturated rings. The van der Waals surface area contributed by atoms with E-state index in [-0.39, 0.29) is 18.0 Å². The van der Waals surface area contributed by atoms with Crippen molar-refractivity contribution in [1.82, 2.24) is 10.2 Å². The number of hydrogen-bond acceptors (Lipinski definition) is 6. The van der Waals surface area contributed by atoms with Crippen LogP contribution in [0.2, 0.25) is 0 Å². The Labute approximate surface area is 359 Å². The van der Waals surface area contributed by atoms with Gasteiger partial charge in [-0.05, 0) is 104 Å². The number of hydrogen-bond donors (Lipinski definition) is 2. The summed E-state index contributed by atoms with van der Waals surface area (Å²) < 4.78 is 10.8. The summed E-state index contributed by atoms with van der Waals surface area (Å²) in [5, 5.41) is 13.2. The zero-order valence-electron chi connectivity index (χ0n) is 39.2. The molecular formula is C50H96N2O6. The third-order valence-corrected chi connectivity index (χ3v) is 11.4. The van der Waals surface area contributed by atoms with Crippen molar-refractivity contribution in [3.8, 4) is 0 Å². The number of allylic oxidation sites excluding steroid dienone is 1. The second-order valence-corrected chi connectivity index (χ2v) is 18.2. The first-order valence-corrected chi connectivity index (χ1v) is 24.8. The highest BCUT2D eigenvalue weighted by molar-refractivity contribution is 5.70. The van der Waals surface area contributed by atoms with Crippen LogP contribution in [0.5, 0.6) is 0 Å². The minimum atomic E-state index is -0.579. The first kappa shape index (κ1) is 55.9. The van der Waals surface area contributed by atoms with Gasteiger partial charge in [-0.2, -0.15) is 0 Å². The third kappa shape index (κ3) is 38.1. The minimum Gasteiger partial charge on any atom is -0.481 e. The van der Waals surface area contributed by atoms with Crippen LogP contribution in [0.15, 0.2) is 12.2 Å². The third-order valence-electron chi connectivity index (χ3n) is 11.4. The summed E-state index contributed by atoms with van der Waals surface area (Å²) in [6.45, 7) is 16.3. The molecule has 0 bridgehead atoms. The molecule has 0 rings (SSSR count). The minimum absolute atomic E-state index is 0.0959. The van der Waals surface area contributed by atoms with Crippen LogP contribution in [0.1, 0.15) is 241 Å². The second-order valence-electron chi connectivity index (χ2n) is 18.2. The average molecular weight is 821 g/mol. The number of carboxylic acids is 1. The maximum Gasteiger partial charge on any atom is 0.407 e. The quantitative estimate of drug-likeness (QED) is 0.0359. The molecule has 2 N–H and O–H groups in total. The van der Waals surface area contributed by atoms with E-state index in [0.717, 1.165) is 110 Å². The predicted molar refractivity (Wildman–Crippen MR) is 246 cm³/mol. The highest BCUT2D eigenvalue weighted by Crippen LogP contribution is 2.30. The van der Waals surface area contributed by atoms with Gasteiger partial charge >= 0.3 is 18.0 Å². The van der Waals surface area contributed by atoms with Gasteiger partial charge in [-0.1, -0.05) is 168 Å². The van der Waals surface area contributed by atoms with Crippen molar-refractivity contribution in [3.63, 3.8) is 0 Å². The van der Waals surface area contributed by atoms with E-state index in [9.17, 15) is 19.5 Å². The summed E-state index contributed by atoms with van der Waals surface area (Å²) in [5.41, 5.74) is -0.506. The number of carbonyl (C=O) groups is 3. The van der Waals surface area contributed by atoms with Crippen molar-refractivity contribution in [2.45, 2.75) is 246 Å². The molecule has 1 atom stereocenters. The zero-order chi connectivity index (χ0) is 43.0. The lowest BCUT2D eigenvalue weighted by molar-refractivity contribution is -0.144. The summed E-state index contributed by atoms with van der Waals surface area (Å²) in [5.74, 6) is -0.575. The largest absolute Gasteiger partial charge is 0.481 e. The zero-order valence-corrected chi connectivity index (χ0v) is 39.2. The highest BCUT2D eigenvalue weighted by atomic mass is 16.6. The lowest BCUT2D eigenvalue weighted by atomic mass is 9.80. The monoisotopic (exact) mass is 821 g/mol. The number of carboxylic acid groups (broad SMARTS) is 1. The number of nitrogens with zero attached hydrogens (tertiary/aromatic N) is 1. The molecule has 8 nitrogen and oxygen atoms in total. The number of alkyl carbamates (subject to hydrolysis) is 1. The van der Waals surface area contributed by atoms with Crippen LogP contribution in [-0.4, -0.2) is 66.4 Å².